The number of aromatic nitrogens is 3. The van der Waals surface area contributed by atoms with E-state index in [1.54, 1.807) is 7.05 Å². The third kappa shape index (κ3) is 3.50. The third-order valence-electron chi connectivity index (χ3n) is 1.71. The van der Waals surface area contributed by atoms with Crippen LogP contribution in [-0.4, -0.2) is 41.0 Å². The van der Waals surface area contributed by atoms with Gasteiger partial charge in [-0.3, -0.25) is 4.79 Å². The van der Waals surface area contributed by atoms with Crippen LogP contribution in [0.4, 0.5) is 11.9 Å². The van der Waals surface area contributed by atoms with Crippen LogP contribution in [0.3, 0.4) is 0 Å². The van der Waals surface area contributed by atoms with Gasteiger partial charge in [0, 0.05) is 13.6 Å². The van der Waals surface area contributed by atoms with Gasteiger partial charge in [0.2, 0.25) is 23.1 Å². The van der Waals surface area contributed by atoms with Crippen molar-refractivity contribution in [1.29, 1.82) is 0 Å². The van der Waals surface area contributed by atoms with Gasteiger partial charge >= 0.3 is 0 Å². The molecule has 1 heterocycles. The van der Waals surface area contributed by atoms with Crippen molar-refractivity contribution in [2.24, 2.45) is 0 Å². The van der Waals surface area contributed by atoms with Crippen LogP contribution < -0.4 is 16.0 Å². The minimum absolute atomic E-state index is 0.00486. The normalized spacial score (nSPS) is 9.94. The first-order valence-electron chi connectivity index (χ1n) is 4.67. The van der Waals surface area contributed by atoms with E-state index in [-0.39, 0.29) is 29.6 Å². The maximum absolute atomic E-state index is 11.3. The molecule has 0 bridgehead atoms. The Balaban J connectivity index is 2.72. The van der Waals surface area contributed by atoms with Crippen LogP contribution in [0.2, 0.25) is 5.28 Å². The molecule has 8 heteroatoms. The Morgan fingerprint density at radius 2 is 2.19 bits per heavy atom. The molecule has 7 nitrogen and oxygen atoms in total. The fourth-order valence-corrected chi connectivity index (χ4v) is 1.23. The summed E-state index contributed by atoms with van der Waals surface area (Å²) in [7, 11) is 1.67. The molecule has 0 aromatic carbocycles. The Morgan fingerprint density at radius 1 is 1.50 bits per heavy atom. The zero-order valence-electron chi connectivity index (χ0n) is 9.07. The molecule has 0 fully saturated rings. The van der Waals surface area contributed by atoms with Crippen molar-refractivity contribution >= 4 is 29.4 Å². The predicted octanol–water partition coefficient (Wildman–Crippen LogP) is -0.321. The molecule has 0 saturated carbocycles. The lowest BCUT2D eigenvalue weighted by molar-refractivity contribution is -0.119. The summed E-state index contributed by atoms with van der Waals surface area (Å²) in [5.41, 5.74) is 5.41. The minimum atomic E-state index is -0.125. The number of nitrogens with two attached hydrogens (primary N) is 1. The fourth-order valence-electron chi connectivity index (χ4n) is 1.06. The molecule has 0 aliphatic carbocycles. The van der Waals surface area contributed by atoms with Crippen LogP contribution >= 0.6 is 11.6 Å². The van der Waals surface area contributed by atoms with Gasteiger partial charge in [-0.15, -0.1) is 0 Å². The summed E-state index contributed by atoms with van der Waals surface area (Å²) in [5, 5.41) is 2.66. The van der Waals surface area contributed by atoms with Crippen LogP contribution in [0.15, 0.2) is 0 Å². The Bertz CT molecular complexity index is 365. The molecule has 1 amide bonds. The fraction of sp³-hybridized carbons (Fsp3) is 0.500. The summed E-state index contributed by atoms with van der Waals surface area (Å²) in [5.74, 6) is 0.168. The van der Waals surface area contributed by atoms with Crippen LogP contribution in [0.25, 0.3) is 0 Å². The maximum atomic E-state index is 11.3. The summed E-state index contributed by atoms with van der Waals surface area (Å²) in [6.45, 7) is 2.55. The summed E-state index contributed by atoms with van der Waals surface area (Å²) >= 11 is 5.62. The molecule has 1 aromatic rings. The quantitative estimate of drug-likeness (QED) is 0.754. The summed E-state index contributed by atoms with van der Waals surface area (Å²) in [6, 6.07) is 0. The maximum Gasteiger partial charge on any atom is 0.239 e. The number of hydrogen-bond donors (Lipinski definition) is 2. The standard InChI is InChI=1S/C8H13ClN6O/c1-3-11-5(16)4-15(2)8-13-6(9)12-7(10)14-8/h3-4H2,1-2H3,(H,11,16)(H2,10,12,13,14). The van der Waals surface area contributed by atoms with Gasteiger partial charge in [0.15, 0.2) is 0 Å². The van der Waals surface area contributed by atoms with Crippen molar-refractivity contribution < 1.29 is 4.79 Å². The van der Waals surface area contributed by atoms with E-state index in [0.29, 0.717) is 6.54 Å². The van der Waals surface area contributed by atoms with Gasteiger partial charge in [-0.1, -0.05) is 0 Å². The van der Waals surface area contributed by atoms with E-state index in [1.165, 1.54) is 4.90 Å². The second-order valence-corrected chi connectivity index (χ2v) is 3.41. The molecule has 88 valence electrons. The van der Waals surface area contributed by atoms with Crippen molar-refractivity contribution in [3.8, 4) is 0 Å². The highest BCUT2D eigenvalue weighted by Gasteiger charge is 2.11. The molecule has 3 N–H and O–H groups in total. The van der Waals surface area contributed by atoms with E-state index in [0.717, 1.165) is 0 Å². The number of rotatable bonds is 4. The van der Waals surface area contributed by atoms with Crippen molar-refractivity contribution in [3.63, 3.8) is 0 Å². The van der Waals surface area contributed by atoms with Crippen LogP contribution in [0, 0.1) is 0 Å². The van der Waals surface area contributed by atoms with Gasteiger partial charge in [0.1, 0.15) is 0 Å². The van der Waals surface area contributed by atoms with E-state index in [2.05, 4.69) is 20.3 Å². The third-order valence-corrected chi connectivity index (χ3v) is 1.88. The highest BCUT2D eigenvalue weighted by molar-refractivity contribution is 6.28. The van der Waals surface area contributed by atoms with Crippen molar-refractivity contribution in [2.45, 2.75) is 6.92 Å². The largest absolute Gasteiger partial charge is 0.368 e. The minimum Gasteiger partial charge on any atom is -0.368 e. The van der Waals surface area contributed by atoms with E-state index >= 15 is 0 Å². The lowest BCUT2D eigenvalue weighted by Crippen LogP contribution is -2.35. The van der Waals surface area contributed by atoms with Crippen molar-refractivity contribution in [3.05, 3.63) is 5.28 Å². The highest BCUT2D eigenvalue weighted by atomic mass is 35.5. The molecule has 1 aromatic heterocycles. The molecule has 0 radical (unpaired) electrons. The molecule has 0 aliphatic heterocycles. The Kier molecular flexibility index (Phi) is 4.24. The zero-order chi connectivity index (χ0) is 12.1. The summed E-state index contributed by atoms with van der Waals surface area (Å²) in [4.78, 5) is 24.2. The Labute approximate surface area is 98.0 Å². The number of halogens is 1. The Morgan fingerprint density at radius 3 is 2.75 bits per heavy atom. The molecule has 0 atom stereocenters. The van der Waals surface area contributed by atoms with Gasteiger partial charge in [-0.2, -0.15) is 15.0 Å². The van der Waals surface area contributed by atoms with Crippen LogP contribution in [0.1, 0.15) is 6.92 Å². The second kappa shape index (κ2) is 5.45. The van der Waals surface area contributed by atoms with E-state index < -0.39 is 0 Å². The molecule has 1 rings (SSSR count). The molecular formula is C8H13ClN6O. The topological polar surface area (TPSA) is 97.0 Å². The van der Waals surface area contributed by atoms with Crippen molar-refractivity contribution in [2.75, 3.05) is 30.8 Å². The number of amides is 1. The number of hydrogen-bond acceptors (Lipinski definition) is 6. The first kappa shape index (κ1) is 12.4. The number of nitrogens with zero attached hydrogens (tertiary/aromatic N) is 4. The number of carbonyl (C=O) groups excluding carboxylic acids is 1. The molecule has 0 spiro atoms. The molecular weight excluding hydrogens is 232 g/mol. The highest BCUT2D eigenvalue weighted by Crippen LogP contribution is 2.09. The van der Waals surface area contributed by atoms with Gasteiger partial charge in [0.05, 0.1) is 6.54 Å². The van der Waals surface area contributed by atoms with Crippen molar-refractivity contribution in [1.82, 2.24) is 20.3 Å². The number of nitrogens with one attached hydrogen (secondary N) is 1. The lowest BCUT2D eigenvalue weighted by Gasteiger charge is -2.16. The summed E-state index contributed by atoms with van der Waals surface area (Å²) < 4.78 is 0. The van der Waals surface area contributed by atoms with Gasteiger partial charge < -0.3 is 16.0 Å². The van der Waals surface area contributed by atoms with Crippen LogP contribution in [-0.2, 0) is 4.79 Å². The number of likely N-dealkylation sites (N-methyl/N-ethyl adjacent to an activating group) is 2. The molecule has 16 heavy (non-hydrogen) atoms. The first-order valence-corrected chi connectivity index (χ1v) is 5.05. The number of anilines is 2. The van der Waals surface area contributed by atoms with Gasteiger partial charge in [0.25, 0.3) is 0 Å². The van der Waals surface area contributed by atoms with Crippen LogP contribution in [0.5, 0.6) is 0 Å². The zero-order valence-corrected chi connectivity index (χ0v) is 9.82. The van der Waals surface area contributed by atoms with E-state index in [9.17, 15) is 4.79 Å². The number of carbonyl (C=O) groups is 1. The molecule has 0 saturated heterocycles. The van der Waals surface area contributed by atoms with Gasteiger partial charge in [-0.05, 0) is 18.5 Å². The molecule has 0 aliphatic rings. The first-order chi connectivity index (χ1) is 7.52. The van der Waals surface area contributed by atoms with E-state index in [1.807, 2.05) is 6.92 Å². The Hall–Kier alpha value is -1.63. The lowest BCUT2D eigenvalue weighted by atomic mass is 10.5. The van der Waals surface area contributed by atoms with E-state index in [4.69, 9.17) is 17.3 Å². The monoisotopic (exact) mass is 244 g/mol. The smallest absolute Gasteiger partial charge is 0.239 e. The summed E-state index contributed by atoms with van der Waals surface area (Å²) in [6.07, 6.45) is 0. The average molecular weight is 245 g/mol. The SMILES string of the molecule is CCNC(=O)CN(C)c1nc(N)nc(Cl)n1. The number of nitrogen functional groups attached to an aromatic ring is 1. The molecule has 0 unspecified atom stereocenters. The second-order valence-electron chi connectivity index (χ2n) is 3.07. The predicted molar refractivity (Wildman–Crippen MR) is 61.2 cm³/mol. The van der Waals surface area contributed by atoms with Gasteiger partial charge in [-0.25, -0.2) is 0 Å². The average Bonchev–Trinajstić information content (AvgIpc) is 2.16.